The van der Waals surface area contributed by atoms with Crippen molar-refractivity contribution < 1.29 is 0 Å². The number of likely N-dealkylation sites (N-methyl/N-ethyl adjacent to an activating group) is 1. The molecule has 0 saturated heterocycles. The van der Waals surface area contributed by atoms with Crippen molar-refractivity contribution in [2.24, 2.45) is 0 Å². The Morgan fingerprint density at radius 1 is 1.29 bits per heavy atom. The van der Waals surface area contributed by atoms with Gasteiger partial charge >= 0.3 is 0 Å². The standard InChI is InChI=1S/C13H17N/c1-14(13-8-5-9-13)11-10-12-6-3-2-4-7-12/h2-8,13H,9-11H2,1H3. The fourth-order valence-corrected chi connectivity index (χ4v) is 1.70. The van der Waals surface area contributed by atoms with E-state index in [1.807, 2.05) is 0 Å². The predicted molar refractivity (Wildman–Crippen MR) is 60.3 cm³/mol. The first kappa shape index (κ1) is 9.47. The Morgan fingerprint density at radius 2 is 2.00 bits per heavy atom. The molecule has 0 N–H and O–H groups in total. The molecule has 1 aromatic carbocycles. The largest absolute Gasteiger partial charge is 0.299 e. The Balaban J connectivity index is 1.79. The Hall–Kier alpha value is -1.08. The molecule has 2 rings (SSSR count). The predicted octanol–water partition coefficient (Wildman–Crippen LogP) is 2.49. The van der Waals surface area contributed by atoms with E-state index < -0.39 is 0 Å². The van der Waals surface area contributed by atoms with Crippen LogP contribution >= 0.6 is 0 Å². The molecule has 0 bridgehead atoms. The number of hydrogen-bond donors (Lipinski definition) is 0. The summed E-state index contributed by atoms with van der Waals surface area (Å²) < 4.78 is 0. The Labute approximate surface area is 86.1 Å². The number of benzene rings is 1. The minimum Gasteiger partial charge on any atom is -0.299 e. The minimum absolute atomic E-state index is 0.693. The molecule has 1 aliphatic rings. The summed E-state index contributed by atoms with van der Waals surface area (Å²) in [5, 5.41) is 0. The van der Waals surface area contributed by atoms with E-state index in [1.54, 1.807) is 0 Å². The van der Waals surface area contributed by atoms with Gasteiger partial charge in [0.05, 0.1) is 0 Å². The molecule has 0 saturated carbocycles. The molecule has 1 nitrogen and oxygen atoms in total. The van der Waals surface area contributed by atoms with Crippen molar-refractivity contribution in [2.75, 3.05) is 13.6 Å². The van der Waals surface area contributed by atoms with Gasteiger partial charge in [0.2, 0.25) is 0 Å². The molecule has 1 atom stereocenters. The summed E-state index contributed by atoms with van der Waals surface area (Å²) in [6.07, 6.45) is 6.90. The molecule has 0 spiro atoms. The van der Waals surface area contributed by atoms with E-state index in [4.69, 9.17) is 0 Å². The second-order valence-electron chi connectivity index (χ2n) is 3.95. The summed E-state index contributed by atoms with van der Waals surface area (Å²) >= 11 is 0. The van der Waals surface area contributed by atoms with Crippen molar-refractivity contribution in [2.45, 2.75) is 18.9 Å². The van der Waals surface area contributed by atoms with Crippen LogP contribution in [-0.4, -0.2) is 24.5 Å². The van der Waals surface area contributed by atoms with Gasteiger partial charge in [-0.05, 0) is 25.5 Å². The second kappa shape index (κ2) is 4.43. The quantitative estimate of drug-likeness (QED) is 0.655. The zero-order valence-corrected chi connectivity index (χ0v) is 8.69. The van der Waals surface area contributed by atoms with Crippen molar-refractivity contribution in [3.8, 4) is 0 Å². The Bertz CT molecular complexity index is 302. The zero-order chi connectivity index (χ0) is 9.80. The Kier molecular flexibility index (Phi) is 3.00. The van der Waals surface area contributed by atoms with Crippen molar-refractivity contribution >= 4 is 0 Å². The third-order valence-corrected chi connectivity index (χ3v) is 2.90. The Morgan fingerprint density at radius 3 is 2.57 bits per heavy atom. The summed E-state index contributed by atoms with van der Waals surface area (Å²) in [6, 6.07) is 11.4. The van der Waals surface area contributed by atoms with Crippen molar-refractivity contribution in [3.05, 3.63) is 48.0 Å². The van der Waals surface area contributed by atoms with E-state index >= 15 is 0 Å². The van der Waals surface area contributed by atoms with Crippen LogP contribution in [0.25, 0.3) is 0 Å². The first-order chi connectivity index (χ1) is 6.86. The highest BCUT2D eigenvalue weighted by molar-refractivity contribution is 5.15. The summed E-state index contributed by atoms with van der Waals surface area (Å²) in [7, 11) is 2.21. The third kappa shape index (κ3) is 2.24. The van der Waals surface area contributed by atoms with Crippen molar-refractivity contribution in [1.82, 2.24) is 4.90 Å². The molecular weight excluding hydrogens is 170 g/mol. The summed E-state index contributed by atoms with van der Waals surface area (Å²) in [4.78, 5) is 2.42. The van der Waals surface area contributed by atoms with Gasteiger partial charge in [-0.25, -0.2) is 0 Å². The van der Waals surface area contributed by atoms with Crippen LogP contribution in [0.15, 0.2) is 42.5 Å². The first-order valence-corrected chi connectivity index (χ1v) is 5.27. The van der Waals surface area contributed by atoms with Crippen molar-refractivity contribution in [1.29, 1.82) is 0 Å². The lowest BCUT2D eigenvalue weighted by atomic mass is 10.0. The molecule has 1 aliphatic carbocycles. The molecule has 1 heteroatoms. The van der Waals surface area contributed by atoms with Gasteiger partial charge < -0.3 is 0 Å². The maximum Gasteiger partial charge on any atom is 0.0309 e. The molecule has 0 amide bonds. The minimum atomic E-state index is 0.693. The highest BCUT2D eigenvalue weighted by atomic mass is 15.1. The highest BCUT2D eigenvalue weighted by Gasteiger charge is 2.14. The molecule has 0 radical (unpaired) electrons. The van der Waals surface area contributed by atoms with E-state index in [0.717, 1.165) is 13.0 Å². The lowest BCUT2D eigenvalue weighted by Gasteiger charge is -2.29. The van der Waals surface area contributed by atoms with Gasteiger partial charge in [0, 0.05) is 12.6 Å². The third-order valence-electron chi connectivity index (χ3n) is 2.90. The van der Waals surface area contributed by atoms with Crippen LogP contribution in [0.5, 0.6) is 0 Å². The van der Waals surface area contributed by atoms with Gasteiger partial charge in [-0.3, -0.25) is 4.90 Å². The van der Waals surface area contributed by atoms with E-state index in [2.05, 4.69) is 54.4 Å². The van der Waals surface area contributed by atoms with Crippen LogP contribution in [0.4, 0.5) is 0 Å². The fraction of sp³-hybridized carbons (Fsp3) is 0.385. The van der Waals surface area contributed by atoms with E-state index in [-0.39, 0.29) is 0 Å². The SMILES string of the molecule is CN(CCc1ccccc1)C1C=CC1. The zero-order valence-electron chi connectivity index (χ0n) is 8.69. The average Bonchev–Trinajstić information content (AvgIpc) is 2.14. The molecule has 0 aliphatic heterocycles. The fourth-order valence-electron chi connectivity index (χ4n) is 1.70. The van der Waals surface area contributed by atoms with Gasteiger partial charge in [-0.2, -0.15) is 0 Å². The molecule has 1 unspecified atom stereocenters. The van der Waals surface area contributed by atoms with Crippen LogP contribution < -0.4 is 0 Å². The second-order valence-corrected chi connectivity index (χ2v) is 3.95. The van der Waals surface area contributed by atoms with Crippen molar-refractivity contribution in [3.63, 3.8) is 0 Å². The first-order valence-electron chi connectivity index (χ1n) is 5.27. The van der Waals surface area contributed by atoms with Crippen LogP contribution in [0.3, 0.4) is 0 Å². The molecule has 14 heavy (non-hydrogen) atoms. The molecule has 74 valence electrons. The molecule has 0 aromatic heterocycles. The van der Waals surface area contributed by atoms with Gasteiger partial charge in [-0.1, -0.05) is 42.5 Å². The van der Waals surface area contributed by atoms with Gasteiger partial charge in [0.25, 0.3) is 0 Å². The smallest absolute Gasteiger partial charge is 0.0309 e. The average molecular weight is 187 g/mol. The van der Waals surface area contributed by atoms with E-state index in [9.17, 15) is 0 Å². The lowest BCUT2D eigenvalue weighted by Crippen LogP contribution is -2.34. The number of hydrogen-bond acceptors (Lipinski definition) is 1. The summed E-state index contributed by atoms with van der Waals surface area (Å²) in [5.41, 5.74) is 1.43. The maximum atomic E-state index is 2.42. The van der Waals surface area contributed by atoms with Crippen LogP contribution in [0.2, 0.25) is 0 Å². The van der Waals surface area contributed by atoms with Gasteiger partial charge in [-0.15, -0.1) is 0 Å². The van der Waals surface area contributed by atoms with Gasteiger partial charge in [0.15, 0.2) is 0 Å². The molecule has 0 fully saturated rings. The molecule has 1 aromatic rings. The number of nitrogens with zero attached hydrogens (tertiary/aromatic N) is 1. The summed E-state index contributed by atoms with van der Waals surface area (Å²) in [6.45, 7) is 1.15. The van der Waals surface area contributed by atoms with Crippen LogP contribution in [-0.2, 0) is 6.42 Å². The van der Waals surface area contributed by atoms with Crippen LogP contribution in [0.1, 0.15) is 12.0 Å². The monoisotopic (exact) mass is 187 g/mol. The maximum absolute atomic E-state index is 2.42. The van der Waals surface area contributed by atoms with E-state index in [0.29, 0.717) is 6.04 Å². The summed E-state index contributed by atoms with van der Waals surface area (Å²) in [5.74, 6) is 0. The van der Waals surface area contributed by atoms with Gasteiger partial charge in [0.1, 0.15) is 0 Å². The lowest BCUT2D eigenvalue weighted by molar-refractivity contribution is 0.272. The highest BCUT2D eigenvalue weighted by Crippen LogP contribution is 2.14. The topological polar surface area (TPSA) is 3.24 Å². The van der Waals surface area contributed by atoms with Crippen LogP contribution in [0, 0.1) is 0 Å². The molecule has 0 heterocycles. The van der Waals surface area contributed by atoms with E-state index in [1.165, 1.54) is 12.0 Å². The molecular formula is C13H17N. The normalized spacial score (nSPS) is 19.7. The number of rotatable bonds is 4.